The Morgan fingerprint density at radius 1 is 1.41 bits per heavy atom. The molecular formula is C11H19BrN4O. The van der Waals surface area contributed by atoms with Gasteiger partial charge in [-0.3, -0.25) is 0 Å². The van der Waals surface area contributed by atoms with Crippen LogP contribution in [0.3, 0.4) is 0 Å². The minimum absolute atomic E-state index is 0.273. The van der Waals surface area contributed by atoms with Crippen LogP contribution in [0.25, 0.3) is 0 Å². The predicted molar refractivity (Wildman–Crippen MR) is 73.0 cm³/mol. The van der Waals surface area contributed by atoms with E-state index in [0.29, 0.717) is 0 Å². The maximum absolute atomic E-state index is 5.51. The van der Waals surface area contributed by atoms with E-state index in [4.69, 9.17) is 10.5 Å². The fourth-order valence-corrected chi connectivity index (χ4v) is 1.57. The van der Waals surface area contributed by atoms with Crippen LogP contribution in [0.15, 0.2) is 10.7 Å². The van der Waals surface area contributed by atoms with Crippen LogP contribution in [0.2, 0.25) is 0 Å². The van der Waals surface area contributed by atoms with Gasteiger partial charge in [-0.05, 0) is 28.8 Å². The molecule has 1 rings (SSSR count). The van der Waals surface area contributed by atoms with Gasteiger partial charge in [-0.15, -0.1) is 0 Å². The van der Waals surface area contributed by atoms with Crippen LogP contribution in [0.1, 0.15) is 26.2 Å². The first kappa shape index (κ1) is 14.2. The highest BCUT2D eigenvalue weighted by molar-refractivity contribution is 9.10. The number of nitrogens with two attached hydrogens (primary N) is 1. The topological polar surface area (TPSA) is 73.1 Å². The molecule has 0 aliphatic carbocycles. The van der Waals surface area contributed by atoms with Crippen molar-refractivity contribution < 1.29 is 4.74 Å². The van der Waals surface area contributed by atoms with E-state index in [2.05, 4.69) is 38.1 Å². The molecule has 0 saturated carbocycles. The molecule has 96 valence electrons. The van der Waals surface area contributed by atoms with E-state index < -0.39 is 0 Å². The minimum Gasteiger partial charge on any atom is -0.381 e. The zero-order valence-electron chi connectivity index (χ0n) is 10.1. The van der Waals surface area contributed by atoms with Crippen LogP contribution in [-0.4, -0.2) is 29.7 Å². The maximum Gasteiger partial charge on any atom is 0.221 e. The Morgan fingerprint density at radius 2 is 2.18 bits per heavy atom. The molecule has 0 aliphatic heterocycles. The van der Waals surface area contributed by atoms with Crippen LogP contribution in [0.5, 0.6) is 0 Å². The van der Waals surface area contributed by atoms with Crippen molar-refractivity contribution in [1.82, 2.24) is 9.97 Å². The first-order chi connectivity index (χ1) is 8.24. The first-order valence-corrected chi connectivity index (χ1v) is 6.63. The Labute approximate surface area is 110 Å². The minimum atomic E-state index is 0.273. The summed E-state index contributed by atoms with van der Waals surface area (Å²) in [6.07, 6.45) is 4.88. The van der Waals surface area contributed by atoms with Gasteiger partial charge in [-0.1, -0.05) is 13.3 Å². The van der Waals surface area contributed by atoms with Gasteiger partial charge in [0.05, 0.1) is 4.47 Å². The summed E-state index contributed by atoms with van der Waals surface area (Å²) in [5.41, 5.74) is 5.51. The summed E-state index contributed by atoms with van der Waals surface area (Å²) in [6, 6.07) is 0. The number of halogens is 1. The zero-order chi connectivity index (χ0) is 12.5. The molecule has 0 unspecified atom stereocenters. The molecule has 1 aromatic rings. The van der Waals surface area contributed by atoms with Crippen molar-refractivity contribution in [3.8, 4) is 0 Å². The third-order valence-corrected chi connectivity index (χ3v) is 2.74. The Bertz CT molecular complexity index is 335. The van der Waals surface area contributed by atoms with Crippen LogP contribution in [0, 0.1) is 0 Å². The van der Waals surface area contributed by atoms with E-state index in [1.807, 2.05) is 0 Å². The van der Waals surface area contributed by atoms with Crippen molar-refractivity contribution in [3.63, 3.8) is 0 Å². The molecule has 0 aromatic carbocycles. The maximum atomic E-state index is 5.51. The summed E-state index contributed by atoms with van der Waals surface area (Å²) in [6.45, 7) is 4.58. The summed E-state index contributed by atoms with van der Waals surface area (Å²) < 4.78 is 6.27. The molecule has 0 saturated heterocycles. The number of rotatable bonds is 8. The van der Waals surface area contributed by atoms with Gasteiger partial charge in [0.1, 0.15) is 5.82 Å². The molecule has 0 aliphatic rings. The normalized spacial score (nSPS) is 10.5. The van der Waals surface area contributed by atoms with Crippen LogP contribution in [0.4, 0.5) is 11.8 Å². The monoisotopic (exact) mass is 302 g/mol. The number of unbranched alkanes of at least 4 members (excludes halogenated alkanes) is 1. The van der Waals surface area contributed by atoms with Gasteiger partial charge in [0.15, 0.2) is 0 Å². The molecule has 6 heteroatoms. The number of nitrogens with zero attached hydrogens (tertiary/aromatic N) is 2. The van der Waals surface area contributed by atoms with Crippen molar-refractivity contribution in [1.29, 1.82) is 0 Å². The predicted octanol–water partition coefficient (Wildman–Crippen LogP) is 2.44. The largest absolute Gasteiger partial charge is 0.381 e. The quantitative estimate of drug-likeness (QED) is 0.722. The van der Waals surface area contributed by atoms with E-state index in [0.717, 1.165) is 42.9 Å². The van der Waals surface area contributed by atoms with E-state index in [9.17, 15) is 0 Å². The average molecular weight is 303 g/mol. The van der Waals surface area contributed by atoms with Gasteiger partial charge in [-0.2, -0.15) is 4.98 Å². The van der Waals surface area contributed by atoms with Gasteiger partial charge in [-0.25, -0.2) is 4.98 Å². The second-order valence-electron chi connectivity index (χ2n) is 3.67. The molecule has 1 heterocycles. The third kappa shape index (κ3) is 5.83. The van der Waals surface area contributed by atoms with Crippen molar-refractivity contribution in [2.45, 2.75) is 26.2 Å². The molecule has 0 radical (unpaired) electrons. The first-order valence-electron chi connectivity index (χ1n) is 5.83. The van der Waals surface area contributed by atoms with E-state index in [1.54, 1.807) is 6.20 Å². The molecule has 3 N–H and O–H groups in total. The summed E-state index contributed by atoms with van der Waals surface area (Å²) in [7, 11) is 0. The van der Waals surface area contributed by atoms with Gasteiger partial charge >= 0.3 is 0 Å². The molecule has 0 fully saturated rings. The molecule has 17 heavy (non-hydrogen) atoms. The highest BCUT2D eigenvalue weighted by Gasteiger charge is 2.01. The van der Waals surface area contributed by atoms with Gasteiger partial charge < -0.3 is 15.8 Å². The molecule has 5 nitrogen and oxygen atoms in total. The molecule has 1 aromatic heterocycles. The fraction of sp³-hybridized carbons (Fsp3) is 0.636. The molecule has 0 spiro atoms. The van der Waals surface area contributed by atoms with Crippen molar-refractivity contribution in [2.75, 3.05) is 30.8 Å². The van der Waals surface area contributed by atoms with Gasteiger partial charge in [0, 0.05) is 26.0 Å². The standard InChI is InChI=1S/C11H19BrN4O/c1-2-3-6-17-7-4-5-14-10-9(12)8-15-11(13)16-10/h8H,2-7H2,1H3,(H3,13,14,15,16). The van der Waals surface area contributed by atoms with E-state index in [1.165, 1.54) is 6.42 Å². The Morgan fingerprint density at radius 3 is 2.94 bits per heavy atom. The van der Waals surface area contributed by atoms with Crippen LogP contribution in [-0.2, 0) is 4.74 Å². The van der Waals surface area contributed by atoms with Crippen LogP contribution < -0.4 is 11.1 Å². The van der Waals surface area contributed by atoms with Crippen LogP contribution >= 0.6 is 15.9 Å². The lowest BCUT2D eigenvalue weighted by molar-refractivity contribution is 0.131. The fourth-order valence-electron chi connectivity index (χ4n) is 1.23. The molecule has 0 atom stereocenters. The lowest BCUT2D eigenvalue weighted by Crippen LogP contribution is -2.09. The summed E-state index contributed by atoms with van der Waals surface area (Å²) in [4.78, 5) is 7.96. The number of nitrogen functional groups attached to an aromatic ring is 1. The molecule has 0 bridgehead atoms. The molecule has 0 amide bonds. The third-order valence-electron chi connectivity index (χ3n) is 2.16. The van der Waals surface area contributed by atoms with E-state index in [-0.39, 0.29) is 5.95 Å². The number of hydrogen-bond donors (Lipinski definition) is 2. The Kier molecular flexibility index (Phi) is 6.88. The zero-order valence-corrected chi connectivity index (χ0v) is 11.7. The average Bonchev–Trinajstić information content (AvgIpc) is 2.32. The number of hydrogen-bond acceptors (Lipinski definition) is 5. The molecular weight excluding hydrogens is 284 g/mol. The highest BCUT2D eigenvalue weighted by atomic mass is 79.9. The number of anilines is 2. The van der Waals surface area contributed by atoms with E-state index >= 15 is 0 Å². The lowest BCUT2D eigenvalue weighted by Gasteiger charge is -2.08. The van der Waals surface area contributed by atoms with Gasteiger partial charge in [0.25, 0.3) is 0 Å². The number of aromatic nitrogens is 2. The van der Waals surface area contributed by atoms with Crippen molar-refractivity contribution >= 4 is 27.7 Å². The smallest absolute Gasteiger partial charge is 0.221 e. The lowest BCUT2D eigenvalue weighted by atomic mass is 10.3. The van der Waals surface area contributed by atoms with Gasteiger partial charge in [0.2, 0.25) is 5.95 Å². The number of ether oxygens (including phenoxy) is 1. The second-order valence-corrected chi connectivity index (χ2v) is 4.53. The summed E-state index contributed by atoms with van der Waals surface area (Å²) in [5.74, 6) is 1.00. The second kappa shape index (κ2) is 8.25. The Hall–Kier alpha value is -0.880. The Balaban J connectivity index is 2.15. The number of nitrogens with one attached hydrogen (secondary N) is 1. The SMILES string of the molecule is CCCCOCCCNc1nc(N)ncc1Br. The van der Waals surface area contributed by atoms with Crippen molar-refractivity contribution in [3.05, 3.63) is 10.7 Å². The summed E-state index contributed by atoms with van der Waals surface area (Å²) >= 11 is 3.36. The van der Waals surface area contributed by atoms with Crippen molar-refractivity contribution in [2.24, 2.45) is 0 Å². The highest BCUT2D eigenvalue weighted by Crippen LogP contribution is 2.18. The summed E-state index contributed by atoms with van der Waals surface area (Å²) in [5, 5.41) is 3.19.